The molecular weight excluding hydrogens is 448 g/mol. The van der Waals surface area contributed by atoms with Crippen molar-refractivity contribution in [1.29, 1.82) is 0 Å². The zero-order chi connectivity index (χ0) is 22.9. The molecule has 35 heavy (non-hydrogen) atoms. The van der Waals surface area contributed by atoms with Crippen molar-refractivity contribution in [3.05, 3.63) is 109 Å². The average molecular weight is 467 g/mol. The van der Waals surface area contributed by atoms with Crippen LogP contribution in [0, 0.1) is 0 Å². The molecule has 0 saturated carbocycles. The zero-order valence-electron chi connectivity index (χ0n) is 18.6. The minimum absolute atomic E-state index is 0.911. The first-order chi connectivity index (χ1) is 17.3. The molecule has 5 aromatic carbocycles. The molecule has 164 valence electrons. The third kappa shape index (κ3) is 2.82. The second-order valence-corrected chi connectivity index (χ2v) is 10.0. The van der Waals surface area contributed by atoms with Gasteiger partial charge in [0, 0.05) is 31.5 Å². The Hall–Kier alpha value is -4.34. The van der Waals surface area contributed by atoms with Gasteiger partial charge in [-0.1, -0.05) is 48.5 Å². The van der Waals surface area contributed by atoms with Gasteiger partial charge >= 0.3 is 0 Å². The van der Waals surface area contributed by atoms with Crippen LogP contribution in [0.25, 0.3) is 64.7 Å². The molecule has 1 aliphatic rings. The smallest absolute Gasteiger partial charge is 0.135 e. The van der Waals surface area contributed by atoms with Crippen molar-refractivity contribution in [1.82, 2.24) is 0 Å². The van der Waals surface area contributed by atoms with E-state index >= 15 is 0 Å². The fraction of sp³-hybridized carbons (Fsp3) is 0. The van der Waals surface area contributed by atoms with E-state index in [1.165, 1.54) is 37.2 Å². The molecule has 0 radical (unpaired) electrons. The molecular formula is C32H18O2S. The monoisotopic (exact) mass is 466 g/mol. The fourth-order valence-electron chi connectivity index (χ4n) is 5.24. The summed E-state index contributed by atoms with van der Waals surface area (Å²) >= 11 is 1.81. The molecule has 0 unspecified atom stereocenters. The number of hydrogen-bond donors (Lipinski definition) is 0. The van der Waals surface area contributed by atoms with Crippen LogP contribution in [0.5, 0.6) is 11.5 Å². The molecule has 3 heteroatoms. The molecule has 8 rings (SSSR count). The summed E-state index contributed by atoms with van der Waals surface area (Å²) in [6.07, 6.45) is 0. The average Bonchev–Trinajstić information content (AvgIpc) is 3.54. The van der Waals surface area contributed by atoms with Crippen LogP contribution in [-0.2, 0) is 0 Å². The molecule has 0 amide bonds. The van der Waals surface area contributed by atoms with E-state index < -0.39 is 0 Å². The number of thiophene rings is 1. The Morgan fingerprint density at radius 3 is 2.20 bits per heavy atom. The number of furan rings is 1. The Labute approximate surface area is 205 Å². The topological polar surface area (TPSA) is 22.4 Å². The molecule has 1 aliphatic heterocycles. The standard InChI is InChI=1S/C32H18O2S/c1-2-9-26-22(7-1)24-17-20(11-13-27(24)33-26)30-15-16-31(35-30)21-12-14-28-25(18-21)23-8-3-5-19-6-4-10-29(34-28)32(19)23/h1-18H. The molecule has 0 saturated heterocycles. The first-order valence-electron chi connectivity index (χ1n) is 11.7. The first kappa shape index (κ1) is 19.0. The molecule has 2 nitrogen and oxygen atoms in total. The number of para-hydroxylation sites is 1. The van der Waals surface area contributed by atoms with Gasteiger partial charge in [0.1, 0.15) is 22.7 Å². The van der Waals surface area contributed by atoms with Crippen LogP contribution >= 0.6 is 11.3 Å². The molecule has 2 aromatic heterocycles. The zero-order valence-corrected chi connectivity index (χ0v) is 19.4. The summed E-state index contributed by atoms with van der Waals surface area (Å²) in [6, 6.07) is 38.4. The quantitative estimate of drug-likeness (QED) is 0.253. The van der Waals surface area contributed by atoms with Gasteiger partial charge in [0.15, 0.2) is 0 Å². The summed E-state index contributed by atoms with van der Waals surface area (Å²) in [5, 5.41) is 4.71. The van der Waals surface area contributed by atoms with Crippen LogP contribution < -0.4 is 4.74 Å². The van der Waals surface area contributed by atoms with E-state index in [2.05, 4.69) is 91.0 Å². The molecule has 0 aliphatic carbocycles. The highest BCUT2D eigenvalue weighted by atomic mass is 32.1. The predicted octanol–water partition coefficient (Wildman–Crippen LogP) is 9.91. The first-order valence-corrected chi connectivity index (χ1v) is 12.5. The van der Waals surface area contributed by atoms with Gasteiger partial charge in [0.2, 0.25) is 0 Å². The van der Waals surface area contributed by atoms with Gasteiger partial charge in [-0.15, -0.1) is 11.3 Å². The van der Waals surface area contributed by atoms with Gasteiger partial charge in [-0.3, -0.25) is 0 Å². The maximum Gasteiger partial charge on any atom is 0.135 e. The van der Waals surface area contributed by atoms with Gasteiger partial charge in [0.25, 0.3) is 0 Å². The second-order valence-electron chi connectivity index (χ2n) is 8.95. The van der Waals surface area contributed by atoms with Crippen molar-refractivity contribution >= 4 is 44.0 Å². The van der Waals surface area contributed by atoms with Crippen LogP contribution in [0.15, 0.2) is 114 Å². The maximum absolute atomic E-state index is 6.28. The lowest BCUT2D eigenvalue weighted by Gasteiger charge is -2.21. The number of fused-ring (bicyclic) bond motifs is 5. The van der Waals surface area contributed by atoms with E-state index in [1.54, 1.807) is 0 Å². The van der Waals surface area contributed by atoms with Crippen molar-refractivity contribution in [2.24, 2.45) is 0 Å². The molecule has 0 atom stereocenters. The van der Waals surface area contributed by atoms with Crippen LogP contribution in [0.3, 0.4) is 0 Å². The van der Waals surface area contributed by atoms with Crippen molar-refractivity contribution in [3.8, 4) is 43.5 Å². The Kier molecular flexibility index (Phi) is 3.85. The molecule has 3 heterocycles. The molecule has 0 fully saturated rings. The van der Waals surface area contributed by atoms with Gasteiger partial charge in [-0.2, -0.15) is 0 Å². The lowest BCUT2D eigenvalue weighted by Crippen LogP contribution is -1.97. The molecule has 7 aromatic rings. The van der Waals surface area contributed by atoms with E-state index in [0.717, 1.165) is 39.0 Å². The van der Waals surface area contributed by atoms with Gasteiger partial charge in [-0.25, -0.2) is 0 Å². The van der Waals surface area contributed by atoms with E-state index in [0.29, 0.717) is 0 Å². The largest absolute Gasteiger partial charge is 0.456 e. The number of rotatable bonds is 2. The van der Waals surface area contributed by atoms with Crippen molar-refractivity contribution in [2.45, 2.75) is 0 Å². The summed E-state index contributed by atoms with van der Waals surface area (Å²) in [5.41, 5.74) is 6.65. The summed E-state index contributed by atoms with van der Waals surface area (Å²) in [6.45, 7) is 0. The Morgan fingerprint density at radius 1 is 0.514 bits per heavy atom. The normalized spacial score (nSPS) is 12.2. The van der Waals surface area contributed by atoms with Gasteiger partial charge < -0.3 is 9.15 Å². The summed E-state index contributed by atoms with van der Waals surface area (Å²) in [5.74, 6) is 1.84. The molecule has 0 bridgehead atoms. The van der Waals surface area contributed by atoms with Gasteiger partial charge in [0.05, 0.1) is 0 Å². The summed E-state index contributed by atoms with van der Waals surface area (Å²) in [4.78, 5) is 2.49. The second kappa shape index (κ2) is 7.08. The van der Waals surface area contributed by atoms with E-state index in [4.69, 9.17) is 9.15 Å². The Balaban J connectivity index is 1.23. The number of ether oxygens (including phenoxy) is 1. The Morgan fingerprint density at radius 2 is 1.29 bits per heavy atom. The third-order valence-corrected chi connectivity index (χ3v) is 8.09. The highest BCUT2D eigenvalue weighted by Crippen LogP contribution is 2.48. The van der Waals surface area contributed by atoms with Gasteiger partial charge in [-0.05, 0) is 82.7 Å². The van der Waals surface area contributed by atoms with E-state index in [9.17, 15) is 0 Å². The minimum Gasteiger partial charge on any atom is -0.456 e. The number of hydrogen-bond acceptors (Lipinski definition) is 3. The van der Waals surface area contributed by atoms with Crippen LogP contribution in [0.2, 0.25) is 0 Å². The summed E-state index contributed by atoms with van der Waals surface area (Å²) < 4.78 is 12.3. The Bertz CT molecular complexity index is 1930. The highest BCUT2D eigenvalue weighted by Gasteiger charge is 2.20. The van der Waals surface area contributed by atoms with Crippen LogP contribution in [0.1, 0.15) is 0 Å². The lowest BCUT2D eigenvalue weighted by atomic mass is 9.93. The highest BCUT2D eigenvalue weighted by molar-refractivity contribution is 7.18. The summed E-state index contributed by atoms with van der Waals surface area (Å²) in [7, 11) is 0. The van der Waals surface area contributed by atoms with E-state index in [1.807, 2.05) is 29.5 Å². The van der Waals surface area contributed by atoms with Crippen molar-refractivity contribution in [3.63, 3.8) is 0 Å². The van der Waals surface area contributed by atoms with Crippen LogP contribution in [0.4, 0.5) is 0 Å². The maximum atomic E-state index is 6.28. The predicted molar refractivity (Wildman–Crippen MR) is 145 cm³/mol. The van der Waals surface area contributed by atoms with Crippen LogP contribution in [-0.4, -0.2) is 0 Å². The van der Waals surface area contributed by atoms with Crippen molar-refractivity contribution in [2.75, 3.05) is 0 Å². The van der Waals surface area contributed by atoms with Crippen molar-refractivity contribution < 1.29 is 9.15 Å². The number of benzene rings is 5. The molecule has 0 spiro atoms. The lowest BCUT2D eigenvalue weighted by molar-refractivity contribution is 0.487. The SMILES string of the molecule is c1cc2c3c(cccc3c1)-c1cc(-c3ccc(-c4ccc5oc6ccccc6c5c4)s3)ccc1O2. The minimum atomic E-state index is 0.911. The van der Waals surface area contributed by atoms with E-state index in [-0.39, 0.29) is 0 Å². The molecule has 0 N–H and O–H groups in total. The fourth-order valence-corrected chi connectivity index (χ4v) is 6.24. The third-order valence-electron chi connectivity index (χ3n) is 6.91.